The van der Waals surface area contributed by atoms with E-state index < -0.39 is 0 Å². The van der Waals surface area contributed by atoms with Gasteiger partial charge < -0.3 is 5.32 Å². The summed E-state index contributed by atoms with van der Waals surface area (Å²) in [6.45, 7) is 7.82. The molecule has 1 heterocycles. The predicted octanol–water partition coefficient (Wildman–Crippen LogP) is 4.72. The number of nitrogens with zero attached hydrogens (tertiary/aromatic N) is 1. The number of thiazole rings is 1. The lowest BCUT2D eigenvalue weighted by molar-refractivity contribution is 0.523. The molecule has 0 saturated carbocycles. The molecular formula is C14H26N2S. The number of nitrogens with one attached hydrogen (secondary N) is 1. The largest absolute Gasteiger partial charge is 0.362 e. The van der Waals surface area contributed by atoms with Crippen LogP contribution in [0, 0.1) is 5.92 Å². The van der Waals surface area contributed by atoms with Crippen LogP contribution in [-0.4, -0.2) is 11.5 Å². The van der Waals surface area contributed by atoms with Crippen molar-refractivity contribution in [3.05, 3.63) is 11.1 Å². The molecule has 1 aromatic rings. The van der Waals surface area contributed by atoms with Crippen LogP contribution in [0.5, 0.6) is 0 Å². The average Bonchev–Trinajstić information content (AvgIpc) is 2.75. The number of hydrogen-bond acceptors (Lipinski definition) is 3. The lowest BCUT2D eigenvalue weighted by atomic mass is 10.0. The van der Waals surface area contributed by atoms with Gasteiger partial charge in [0.05, 0.1) is 5.69 Å². The Bertz CT molecular complexity index is 294. The molecule has 0 aliphatic rings. The molecule has 0 amide bonds. The van der Waals surface area contributed by atoms with Crippen molar-refractivity contribution in [2.45, 2.75) is 59.3 Å². The molecule has 1 aromatic heterocycles. The summed E-state index contributed by atoms with van der Waals surface area (Å²) in [5.41, 5.74) is 1.20. The second-order valence-electron chi connectivity index (χ2n) is 5.02. The molecule has 0 aromatic carbocycles. The van der Waals surface area contributed by atoms with Gasteiger partial charge >= 0.3 is 0 Å². The van der Waals surface area contributed by atoms with Crippen LogP contribution in [0.4, 0.5) is 5.13 Å². The van der Waals surface area contributed by atoms with Crippen LogP contribution < -0.4 is 5.32 Å². The van der Waals surface area contributed by atoms with E-state index in [9.17, 15) is 0 Å². The van der Waals surface area contributed by atoms with Gasteiger partial charge in [-0.2, -0.15) is 0 Å². The van der Waals surface area contributed by atoms with Crippen molar-refractivity contribution < 1.29 is 0 Å². The Hall–Kier alpha value is -0.570. The van der Waals surface area contributed by atoms with Gasteiger partial charge in [0, 0.05) is 11.9 Å². The molecule has 0 saturated heterocycles. The molecule has 0 spiro atoms. The molecule has 0 unspecified atom stereocenters. The summed E-state index contributed by atoms with van der Waals surface area (Å²) >= 11 is 1.72. The quantitative estimate of drug-likeness (QED) is 0.645. The summed E-state index contributed by atoms with van der Waals surface area (Å²) in [5.74, 6) is 0.857. The smallest absolute Gasteiger partial charge is 0.182 e. The fourth-order valence-electron chi connectivity index (χ4n) is 1.78. The molecular weight excluding hydrogens is 228 g/mol. The second-order valence-corrected chi connectivity index (χ2v) is 5.88. The zero-order valence-corrected chi connectivity index (χ0v) is 12.3. The van der Waals surface area contributed by atoms with Crippen molar-refractivity contribution in [1.82, 2.24) is 4.98 Å². The molecule has 1 rings (SSSR count). The van der Waals surface area contributed by atoms with Crippen molar-refractivity contribution in [2.75, 3.05) is 11.9 Å². The maximum absolute atomic E-state index is 4.49. The number of aryl methyl sites for hydroxylation is 1. The molecule has 0 bridgehead atoms. The highest BCUT2D eigenvalue weighted by Gasteiger charge is 1.99. The fraction of sp³-hybridized carbons (Fsp3) is 0.786. The van der Waals surface area contributed by atoms with E-state index in [2.05, 4.69) is 36.5 Å². The SMILES string of the molecule is CCc1csc(NCCCCCCC(C)C)n1. The van der Waals surface area contributed by atoms with E-state index in [0.29, 0.717) is 0 Å². The fourth-order valence-corrected chi connectivity index (χ4v) is 2.60. The minimum Gasteiger partial charge on any atom is -0.362 e. The number of anilines is 1. The Morgan fingerprint density at radius 1 is 1.24 bits per heavy atom. The first-order valence-electron chi connectivity index (χ1n) is 6.90. The Morgan fingerprint density at radius 2 is 2.00 bits per heavy atom. The topological polar surface area (TPSA) is 24.9 Å². The van der Waals surface area contributed by atoms with Gasteiger partial charge in [-0.1, -0.05) is 46.5 Å². The lowest BCUT2D eigenvalue weighted by Gasteiger charge is -2.05. The first kappa shape index (κ1) is 14.5. The highest BCUT2D eigenvalue weighted by Crippen LogP contribution is 2.16. The van der Waals surface area contributed by atoms with Gasteiger partial charge in [-0.15, -0.1) is 11.3 Å². The van der Waals surface area contributed by atoms with Crippen LogP contribution in [-0.2, 0) is 6.42 Å². The number of unbranched alkanes of at least 4 members (excludes halogenated alkanes) is 3. The van der Waals surface area contributed by atoms with E-state index in [1.165, 1.54) is 37.8 Å². The lowest BCUT2D eigenvalue weighted by Crippen LogP contribution is -2.01. The maximum Gasteiger partial charge on any atom is 0.182 e. The van der Waals surface area contributed by atoms with Crippen LogP contribution >= 0.6 is 11.3 Å². The van der Waals surface area contributed by atoms with E-state index in [0.717, 1.165) is 24.0 Å². The standard InChI is InChI=1S/C14H26N2S/c1-4-13-11-17-14(16-13)15-10-8-6-5-7-9-12(2)3/h11-12H,4-10H2,1-3H3,(H,15,16). The van der Waals surface area contributed by atoms with Crippen molar-refractivity contribution in [1.29, 1.82) is 0 Å². The molecule has 0 radical (unpaired) electrons. The Kier molecular flexibility index (Phi) is 7.25. The van der Waals surface area contributed by atoms with Crippen molar-refractivity contribution in [3.63, 3.8) is 0 Å². The second kappa shape index (κ2) is 8.51. The molecule has 0 atom stereocenters. The van der Waals surface area contributed by atoms with Gasteiger partial charge in [-0.25, -0.2) is 4.98 Å². The molecule has 0 aliphatic carbocycles. The first-order valence-corrected chi connectivity index (χ1v) is 7.78. The zero-order valence-electron chi connectivity index (χ0n) is 11.5. The van der Waals surface area contributed by atoms with Crippen molar-refractivity contribution >= 4 is 16.5 Å². The van der Waals surface area contributed by atoms with E-state index >= 15 is 0 Å². The van der Waals surface area contributed by atoms with E-state index in [4.69, 9.17) is 0 Å². The highest BCUT2D eigenvalue weighted by atomic mass is 32.1. The normalized spacial score (nSPS) is 11.1. The van der Waals surface area contributed by atoms with Crippen LogP contribution in [0.3, 0.4) is 0 Å². The van der Waals surface area contributed by atoms with Gasteiger partial charge in [-0.3, -0.25) is 0 Å². The van der Waals surface area contributed by atoms with Crippen molar-refractivity contribution in [3.8, 4) is 0 Å². The summed E-state index contributed by atoms with van der Waals surface area (Å²) < 4.78 is 0. The van der Waals surface area contributed by atoms with Crippen molar-refractivity contribution in [2.24, 2.45) is 5.92 Å². The summed E-state index contributed by atoms with van der Waals surface area (Å²) in [6, 6.07) is 0. The molecule has 0 fully saturated rings. The number of rotatable bonds is 9. The van der Waals surface area contributed by atoms with Crippen LogP contribution in [0.2, 0.25) is 0 Å². The Labute approximate surface area is 110 Å². The first-order chi connectivity index (χ1) is 8.22. The van der Waals surface area contributed by atoms with Crippen LogP contribution in [0.25, 0.3) is 0 Å². The van der Waals surface area contributed by atoms with Gasteiger partial charge in [0.2, 0.25) is 0 Å². The third-order valence-corrected chi connectivity index (χ3v) is 3.75. The minimum absolute atomic E-state index is 0.857. The highest BCUT2D eigenvalue weighted by molar-refractivity contribution is 7.13. The van der Waals surface area contributed by atoms with Gasteiger partial charge in [0.25, 0.3) is 0 Å². The van der Waals surface area contributed by atoms with Crippen LogP contribution in [0.1, 0.15) is 58.6 Å². The average molecular weight is 254 g/mol. The molecule has 1 N–H and O–H groups in total. The minimum atomic E-state index is 0.857. The van der Waals surface area contributed by atoms with E-state index in [1.807, 2.05) is 0 Å². The summed E-state index contributed by atoms with van der Waals surface area (Å²) in [7, 11) is 0. The molecule has 3 heteroatoms. The zero-order chi connectivity index (χ0) is 12.5. The maximum atomic E-state index is 4.49. The van der Waals surface area contributed by atoms with Gasteiger partial charge in [0.1, 0.15) is 0 Å². The predicted molar refractivity (Wildman–Crippen MR) is 77.9 cm³/mol. The van der Waals surface area contributed by atoms with Gasteiger partial charge in [0.15, 0.2) is 5.13 Å². The molecule has 2 nitrogen and oxygen atoms in total. The summed E-state index contributed by atoms with van der Waals surface area (Å²) in [6.07, 6.45) is 7.77. The van der Waals surface area contributed by atoms with Crippen LogP contribution in [0.15, 0.2) is 5.38 Å². The molecule has 98 valence electrons. The van der Waals surface area contributed by atoms with Gasteiger partial charge in [-0.05, 0) is 18.8 Å². The Morgan fingerprint density at radius 3 is 2.65 bits per heavy atom. The number of hydrogen-bond donors (Lipinski definition) is 1. The third kappa shape index (κ3) is 6.67. The summed E-state index contributed by atoms with van der Waals surface area (Å²) in [4.78, 5) is 4.49. The number of aromatic nitrogens is 1. The van der Waals surface area contributed by atoms with E-state index in [-0.39, 0.29) is 0 Å². The molecule has 17 heavy (non-hydrogen) atoms. The Balaban J connectivity index is 1.97. The monoisotopic (exact) mass is 254 g/mol. The third-order valence-electron chi connectivity index (χ3n) is 2.90. The molecule has 0 aliphatic heterocycles. The summed E-state index contributed by atoms with van der Waals surface area (Å²) in [5, 5.41) is 6.64. The van der Waals surface area contributed by atoms with E-state index in [1.54, 1.807) is 11.3 Å².